The van der Waals surface area contributed by atoms with Crippen molar-refractivity contribution in [2.45, 2.75) is 24.4 Å². The number of aromatic nitrogens is 2. The Morgan fingerprint density at radius 2 is 1.84 bits per heavy atom. The van der Waals surface area contributed by atoms with Crippen molar-refractivity contribution in [3.8, 4) is 0 Å². The molecule has 2 aliphatic rings. The summed E-state index contributed by atoms with van der Waals surface area (Å²) < 4.78 is 42.1. The van der Waals surface area contributed by atoms with Crippen LogP contribution in [-0.2, 0) is 10.1 Å². The van der Waals surface area contributed by atoms with Gasteiger partial charge >= 0.3 is 0 Å². The molecule has 2 fully saturated rings. The van der Waals surface area contributed by atoms with Crippen molar-refractivity contribution in [1.29, 1.82) is 0 Å². The lowest BCUT2D eigenvalue weighted by Crippen LogP contribution is -2.39. The van der Waals surface area contributed by atoms with Crippen LogP contribution in [0.4, 0.5) is 8.78 Å². The summed E-state index contributed by atoms with van der Waals surface area (Å²) in [5.74, 6) is -1.23. The maximum absolute atomic E-state index is 14.8. The van der Waals surface area contributed by atoms with E-state index in [1.165, 1.54) is 18.2 Å². The van der Waals surface area contributed by atoms with Crippen LogP contribution in [0.2, 0.25) is 0 Å². The van der Waals surface area contributed by atoms with Crippen LogP contribution >= 0.6 is 7.14 Å². The summed E-state index contributed by atoms with van der Waals surface area (Å²) in [7, 11) is 3.22. The van der Waals surface area contributed by atoms with Crippen molar-refractivity contribution < 1.29 is 18.5 Å². The van der Waals surface area contributed by atoms with E-state index in [-0.39, 0.29) is 27.3 Å². The van der Waals surface area contributed by atoms with Gasteiger partial charge in [0.15, 0.2) is 0 Å². The second-order valence-corrected chi connectivity index (χ2v) is 11.8. The molecule has 0 amide bonds. The Labute approximate surface area is 184 Å². The number of benzene rings is 2. The van der Waals surface area contributed by atoms with Crippen molar-refractivity contribution in [3.05, 3.63) is 69.6 Å². The molecular formula is C22H21BF2N3O3P. The van der Waals surface area contributed by atoms with Crippen LogP contribution in [0.3, 0.4) is 0 Å². The van der Waals surface area contributed by atoms with Crippen LogP contribution < -0.4 is 10.9 Å². The SMILES string of the molecule is [B]C(O)(c1ccc(F)c(P2(=O)CCN(C3CC3)CC2)c1)c1n[nH]c(=O)c2cc(F)ccc12. The van der Waals surface area contributed by atoms with Crippen molar-refractivity contribution in [3.63, 3.8) is 0 Å². The summed E-state index contributed by atoms with van der Waals surface area (Å²) in [6, 6.07) is 7.79. The monoisotopic (exact) mass is 455 g/mol. The Balaban J connectivity index is 1.56. The van der Waals surface area contributed by atoms with Crippen LogP contribution in [0.1, 0.15) is 24.1 Å². The summed E-state index contributed by atoms with van der Waals surface area (Å²) in [5, 5.41) is 17.5. The summed E-state index contributed by atoms with van der Waals surface area (Å²) in [6.07, 6.45) is 3.04. The highest BCUT2D eigenvalue weighted by Crippen LogP contribution is 2.49. The maximum Gasteiger partial charge on any atom is 0.272 e. The first kappa shape index (κ1) is 21.5. The molecule has 6 nitrogen and oxygen atoms in total. The van der Waals surface area contributed by atoms with E-state index in [1.807, 2.05) is 0 Å². The number of nitrogens with one attached hydrogen (secondary N) is 1. The lowest BCUT2D eigenvalue weighted by molar-refractivity contribution is 0.167. The van der Waals surface area contributed by atoms with Gasteiger partial charge in [0.25, 0.3) is 5.56 Å². The van der Waals surface area contributed by atoms with E-state index in [0.717, 1.165) is 31.0 Å². The normalized spacial score (nSPS) is 20.8. The highest BCUT2D eigenvalue weighted by atomic mass is 31.2. The third-order valence-corrected chi connectivity index (χ3v) is 9.56. The lowest BCUT2D eigenvalue weighted by atomic mass is 9.72. The zero-order valence-electron chi connectivity index (χ0n) is 17.2. The van der Waals surface area contributed by atoms with Gasteiger partial charge in [-0.2, -0.15) is 5.10 Å². The number of aromatic amines is 1. The maximum atomic E-state index is 14.8. The molecule has 164 valence electrons. The van der Waals surface area contributed by atoms with Crippen LogP contribution in [0.25, 0.3) is 10.8 Å². The number of halogens is 2. The molecule has 1 aliphatic heterocycles. The minimum Gasteiger partial charge on any atom is -0.389 e. The van der Waals surface area contributed by atoms with Gasteiger partial charge in [-0.15, -0.1) is 0 Å². The second-order valence-electron chi connectivity index (χ2n) is 8.63. The minimum atomic E-state index is -3.01. The van der Waals surface area contributed by atoms with Crippen molar-refractivity contribution >= 4 is 31.1 Å². The summed E-state index contributed by atoms with van der Waals surface area (Å²) >= 11 is 0. The van der Waals surface area contributed by atoms with Gasteiger partial charge in [0.05, 0.1) is 16.6 Å². The van der Waals surface area contributed by atoms with E-state index < -0.39 is 29.8 Å². The predicted octanol–water partition coefficient (Wildman–Crippen LogP) is 2.03. The molecule has 32 heavy (non-hydrogen) atoms. The average Bonchev–Trinajstić information content (AvgIpc) is 3.60. The van der Waals surface area contributed by atoms with Gasteiger partial charge < -0.3 is 9.67 Å². The second kappa shape index (κ2) is 7.61. The van der Waals surface area contributed by atoms with E-state index in [4.69, 9.17) is 7.85 Å². The zero-order valence-corrected chi connectivity index (χ0v) is 18.1. The van der Waals surface area contributed by atoms with Gasteiger partial charge in [-0.1, -0.05) is 6.07 Å². The fraction of sp³-hybridized carbons (Fsp3) is 0.364. The molecule has 5 rings (SSSR count). The summed E-state index contributed by atoms with van der Waals surface area (Å²) in [6.45, 7) is 1.30. The zero-order chi connectivity index (χ0) is 22.7. The third kappa shape index (κ3) is 3.62. The number of rotatable bonds is 4. The Bertz CT molecular complexity index is 1310. The Morgan fingerprint density at radius 1 is 1.12 bits per heavy atom. The molecule has 1 aliphatic carbocycles. The topological polar surface area (TPSA) is 86.3 Å². The first-order valence-corrected chi connectivity index (χ1v) is 12.6. The average molecular weight is 455 g/mol. The molecular weight excluding hydrogens is 434 g/mol. The summed E-state index contributed by atoms with van der Waals surface area (Å²) in [4.78, 5) is 14.4. The number of H-pyrrole nitrogens is 1. The van der Waals surface area contributed by atoms with Gasteiger partial charge in [-0.25, -0.2) is 13.9 Å². The standard InChI is InChI=1S/C22H21BF2N3O3P/c23-22(30,20-16-5-2-14(24)12-17(16)21(29)27-26-20)13-1-6-18(25)19(11-13)32(31)9-7-28(8-10-32)15-3-4-15/h1-2,5-6,11-12,15,30H,3-4,7-10H2,(H,27,29). The number of fused-ring (bicyclic) bond motifs is 1. The largest absolute Gasteiger partial charge is 0.389 e. The first-order valence-electron chi connectivity index (χ1n) is 10.5. The molecule has 2 aromatic carbocycles. The Hall–Kier alpha value is -2.35. The van der Waals surface area contributed by atoms with Crippen LogP contribution in [0, 0.1) is 11.6 Å². The van der Waals surface area contributed by atoms with Crippen molar-refractivity contribution in [2.24, 2.45) is 0 Å². The highest BCUT2D eigenvalue weighted by molar-refractivity contribution is 7.71. The molecule has 1 saturated heterocycles. The van der Waals surface area contributed by atoms with E-state index in [2.05, 4.69) is 15.1 Å². The highest BCUT2D eigenvalue weighted by Gasteiger charge is 2.39. The van der Waals surface area contributed by atoms with Crippen LogP contribution in [-0.4, -0.2) is 59.5 Å². The van der Waals surface area contributed by atoms with Gasteiger partial charge in [-0.3, -0.25) is 9.69 Å². The van der Waals surface area contributed by atoms with E-state index in [9.17, 15) is 23.2 Å². The Kier molecular flexibility index (Phi) is 5.11. The van der Waals surface area contributed by atoms with Crippen LogP contribution in [0.15, 0.2) is 41.2 Å². The molecule has 1 saturated carbocycles. The molecule has 1 atom stereocenters. The van der Waals surface area contributed by atoms with Gasteiger partial charge in [-0.05, 0) is 48.7 Å². The molecule has 2 heterocycles. The molecule has 1 unspecified atom stereocenters. The van der Waals surface area contributed by atoms with E-state index >= 15 is 0 Å². The predicted molar refractivity (Wildman–Crippen MR) is 119 cm³/mol. The number of hydrogen-bond acceptors (Lipinski definition) is 5. The van der Waals surface area contributed by atoms with Gasteiger partial charge in [0, 0.05) is 42.1 Å². The lowest BCUT2D eigenvalue weighted by Gasteiger charge is -2.33. The molecule has 1 aromatic heterocycles. The van der Waals surface area contributed by atoms with Crippen molar-refractivity contribution in [2.75, 3.05) is 25.4 Å². The third-order valence-electron chi connectivity index (χ3n) is 6.50. The molecule has 0 bridgehead atoms. The van der Waals surface area contributed by atoms with Crippen LogP contribution in [0.5, 0.6) is 0 Å². The quantitative estimate of drug-likeness (QED) is 0.465. The number of aliphatic hydroxyl groups is 1. The first-order chi connectivity index (χ1) is 15.2. The fourth-order valence-electron chi connectivity index (χ4n) is 4.48. The van der Waals surface area contributed by atoms with E-state index in [0.29, 0.717) is 31.5 Å². The minimum absolute atomic E-state index is 0.0264. The van der Waals surface area contributed by atoms with Gasteiger partial charge in [0.1, 0.15) is 26.6 Å². The number of nitrogens with zero attached hydrogens (tertiary/aromatic N) is 2. The number of hydrogen-bond donors (Lipinski definition) is 2. The van der Waals surface area contributed by atoms with E-state index in [1.54, 1.807) is 0 Å². The molecule has 0 spiro atoms. The van der Waals surface area contributed by atoms with Crippen molar-refractivity contribution in [1.82, 2.24) is 15.1 Å². The molecule has 2 radical (unpaired) electrons. The molecule has 2 N–H and O–H groups in total. The molecule has 10 heteroatoms. The smallest absolute Gasteiger partial charge is 0.272 e. The van der Waals surface area contributed by atoms with Gasteiger partial charge in [0.2, 0.25) is 0 Å². The molecule has 3 aromatic rings. The Morgan fingerprint density at radius 3 is 2.53 bits per heavy atom. The summed E-state index contributed by atoms with van der Waals surface area (Å²) in [5.41, 5.74) is -2.91. The fourth-order valence-corrected chi connectivity index (χ4v) is 7.18.